The summed E-state index contributed by atoms with van der Waals surface area (Å²) in [7, 11) is 0. The number of amides is 1. The maximum absolute atomic E-state index is 10.3. The van der Waals surface area contributed by atoms with Crippen molar-refractivity contribution in [3.8, 4) is 6.07 Å². The van der Waals surface area contributed by atoms with Gasteiger partial charge in [-0.1, -0.05) is 0 Å². The Bertz CT molecular complexity index is 197. The van der Waals surface area contributed by atoms with Gasteiger partial charge >= 0.3 is 0 Å². The predicted octanol–water partition coefficient (Wildman–Crippen LogP) is 0.199. The van der Waals surface area contributed by atoms with E-state index in [2.05, 4.69) is 12.6 Å². The number of allylic oxidation sites excluding steroid dienone is 1. The molecule has 0 aromatic carbocycles. The van der Waals surface area contributed by atoms with E-state index in [0.29, 0.717) is 4.91 Å². The highest BCUT2D eigenvalue weighted by molar-refractivity contribution is 7.84. The largest absolute Gasteiger partial charge is 0.365 e. The van der Waals surface area contributed by atoms with E-state index in [9.17, 15) is 4.79 Å². The molecule has 0 unspecified atom stereocenters. The molecule has 0 rings (SSSR count). The molecule has 9 heavy (non-hydrogen) atoms. The average molecular weight is 142 g/mol. The van der Waals surface area contributed by atoms with Gasteiger partial charge in [0.25, 0.3) is 5.91 Å². The molecule has 0 atom stereocenters. The van der Waals surface area contributed by atoms with Crippen LogP contribution in [0.3, 0.4) is 0 Å². The van der Waals surface area contributed by atoms with E-state index in [4.69, 9.17) is 11.0 Å². The zero-order valence-corrected chi connectivity index (χ0v) is 5.77. The summed E-state index contributed by atoms with van der Waals surface area (Å²) in [5.74, 6) is -0.731. The Morgan fingerprint density at radius 2 is 2.22 bits per heavy atom. The molecule has 0 aliphatic rings. The molecule has 0 aliphatic heterocycles. The third kappa shape index (κ3) is 2.20. The second-order valence-electron chi connectivity index (χ2n) is 1.44. The highest BCUT2D eigenvalue weighted by Gasteiger charge is 2.03. The summed E-state index contributed by atoms with van der Waals surface area (Å²) in [4.78, 5) is 10.6. The van der Waals surface area contributed by atoms with Gasteiger partial charge in [-0.05, 0) is 6.92 Å². The standard InChI is InChI=1S/C5H6N2OS/c1-3(9)4(2-6)5(7)8/h9H,1H3,(H2,7,8)/b4-3+. The summed E-state index contributed by atoms with van der Waals surface area (Å²) < 4.78 is 0. The normalized spacial score (nSPS) is 11.7. The molecule has 0 aromatic rings. The van der Waals surface area contributed by atoms with Gasteiger partial charge in [-0.25, -0.2) is 0 Å². The van der Waals surface area contributed by atoms with E-state index in [1.807, 2.05) is 0 Å². The Balaban J connectivity index is 4.62. The van der Waals surface area contributed by atoms with Crippen LogP contribution in [-0.2, 0) is 4.79 Å². The summed E-state index contributed by atoms with van der Waals surface area (Å²) >= 11 is 3.77. The molecular weight excluding hydrogens is 136 g/mol. The van der Waals surface area contributed by atoms with Crippen molar-refractivity contribution in [2.24, 2.45) is 5.73 Å². The summed E-state index contributed by atoms with van der Waals surface area (Å²) in [6.07, 6.45) is 0. The molecule has 0 fully saturated rings. The predicted molar refractivity (Wildman–Crippen MR) is 36.5 cm³/mol. The lowest BCUT2D eigenvalue weighted by Crippen LogP contribution is -2.13. The van der Waals surface area contributed by atoms with Gasteiger partial charge in [0.2, 0.25) is 0 Å². The van der Waals surface area contributed by atoms with E-state index in [1.54, 1.807) is 6.07 Å². The minimum Gasteiger partial charge on any atom is -0.365 e. The van der Waals surface area contributed by atoms with Crippen molar-refractivity contribution in [1.82, 2.24) is 0 Å². The van der Waals surface area contributed by atoms with Crippen molar-refractivity contribution >= 4 is 18.5 Å². The molecule has 0 spiro atoms. The maximum atomic E-state index is 10.3. The van der Waals surface area contributed by atoms with Crippen LogP contribution in [0.2, 0.25) is 0 Å². The van der Waals surface area contributed by atoms with Gasteiger partial charge in [0.05, 0.1) is 0 Å². The van der Waals surface area contributed by atoms with Crippen LogP contribution < -0.4 is 5.73 Å². The summed E-state index contributed by atoms with van der Waals surface area (Å²) in [6, 6.07) is 1.63. The number of primary amides is 1. The van der Waals surface area contributed by atoms with Crippen LogP contribution in [0, 0.1) is 11.3 Å². The fraction of sp³-hybridized carbons (Fsp3) is 0.200. The van der Waals surface area contributed by atoms with Crippen molar-refractivity contribution in [2.45, 2.75) is 6.92 Å². The number of nitrogens with two attached hydrogens (primary N) is 1. The molecule has 4 heteroatoms. The Morgan fingerprint density at radius 1 is 1.78 bits per heavy atom. The summed E-state index contributed by atoms with van der Waals surface area (Å²) in [5.41, 5.74) is 4.70. The molecule has 48 valence electrons. The van der Waals surface area contributed by atoms with E-state index in [-0.39, 0.29) is 5.57 Å². The number of carbonyl (C=O) groups is 1. The summed E-state index contributed by atoms with van der Waals surface area (Å²) in [5, 5.41) is 8.21. The molecule has 2 N–H and O–H groups in total. The van der Waals surface area contributed by atoms with Gasteiger partial charge in [-0.2, -0.15) is 5.26 Å². The van der Waals surface area contributed by atoms with Crippen LogP contribution in [0.4, 0.5) is 0 Å². The van der Waals surface area contributed by atoms with Crippen LogP contribution in [0.15, 0.2) is 10.5 Å². The zero-order valence-electron chi connectivity index (χ0n) is 4.88. The van der Waals surface area contributed by atoms with Crippen LogP contribution in [-0.4, -0.2) is 5.91 Å². The minimum atomic E-state index is -0.731. The lowest BCUT2D eigenvalue weighted by molar-refractivity contribution is -0.114. The Labute approximate surface area is 58.6 Å². The first-order chi connectivity index (χ1) is 4.09. The second-order valence-corrected chi connectivity index (χ2v) is 2.11. The van der Waals surface area contributed by atoms with Crippen LogP contribution >= 0.6 is 12.6 Å². The third-order valence-electron chi connectivity index (χ3n) is 0.720. The van der Waals surface area contributed by atoms with Gasteiger partial charge in [0.15, 0.2) is 0 Å². The number of nitrogens with zero attached hydrogens (tertiary/aromatic N) is 1. The molecule has 0 heterocycles. The van der Waals surface area contributed by atoms with E-state index in [1.165, 1.54) is 6.92 Å². The third-order valence-corrected chi connectivity index (χ3v) is 0.944. The molecule has 1 amide bonds. The number of hydrogen-bond donors (Lipinski definition) is 2. The molecule has 3 nitrogen and oxygen atoms in total. The zero-order chi connectivity index (χ0) is 7.44. The molecular formula is C5H6N2OS. The molecule has 0 aromatic heterocycles. The van der Waals surface area contributed by atoms with E-state index < -0.39 is 5.91 Å². The molecule has 0 radical (unpaired) electrons. The van der Waals surface area contributed by atoms with Crippen LogP contribution in [0.25, 0.3) is 0 Å². The lowest BCUT2D eigenvalue weighted by atomic mass is 10.3. The number of carbonyl (C=O) groups excluding carboxylic acids is 1. The highest BCUT2D eigenvalue weighted by Crippen LogP contribution is 2.04. The van der Waals surface area contributed by atoms with E-state index >= 15 is 0 Å². The number of rotatable bonds is 1. The van der Waals surface area contributed by atoms with Crippen LogP contribution in [0.5, 0.6) is 0 Å². The van der Waals surface area contributed by atoms with Gasteiger partial charge < -0.3 is 5.73 Å². The van der Waals surface area contributed by atoms with Crippen molar-refractivity contribution in [1.29, 1.82) is 5.26 Å². The molecule has 0 saturated heterocycles. The fourth-order valence-electron chi connectivity index (χ4n) is 0.314. The average Bonchev–Trinajstić information content (AvgIpc) is 1.64. The molecule has 0 aliphatic carbocycles. The Hall–Kier alpha value is -0.950. The first-order valence-corrected chi connectivity index (χ1v) is 2.64. The number of hydrogen-bond acceptors (Lipinski definition) is 3. The van der Waals surface area contributed by atoms with Gasteiger partial charge in [-0.3, -0.25) is 4.79 Å². The summed E-state index contributed by atoms with van der Waals surface area (Å²) in [6.45, 7) is 1.53. The Morgan fingerprint density at radius 3 is 2.22 bits per heavy atom. The first-order valence-electron chi connectivity index (χ1n) is 2.19. The van der Waals surface area contributed by atoms with Gasteiger partial charge in [-0.15, -0.1) is 12.6 Å². The topological polar surface area (TPSA) is 66.9 Å². The van der Waals surface area contributed by atoms with Crippen molar-refractivity contribution in [3.05, 3.63) is 10.5 Å². The lowest BCUT2D eigenvalue weighted by Gasteiger charge is -1.90. The van der Waals surface area contributed by atoms with E-state index in [0.717, 1.165) is 0 Å². The first kappa shape index (κ1) is 8.05. The fourth-order valence-corrected chi connectivity index (χ4v) is 0.474. The van der Waals surface area contributed by atoms with Gasteiger partial charge in [0, 0.05) is 4.91 Å². The molecule has 0 saturated carbocycles. The SMILES string of the molecule is C/C(S)=C(/C#N)C(N)=O. The Kier molecular flexibility index (Phi) is 2.82. The quantitative estimate of drug-likeness (QED) is 0.312. The minimum absolute atomic E-state index is 0.0849. The maximum Gasteiger partial charge on any atom is 0.260 e. The molecule has 0 bridgehead atoms. The number of nitriles is 1. The van der Waals surface area contributed by atoms with Gasteiger partial charge in [0.1, 0.15) is 11.6 Å². The van der Waals surface area contributed by atoms with Crippen molar-refractivity contribution in [3.63, 3.8) is 0 Å². The number of thiol groups is 1. The van der Waals surface area contributed by atoms with Crippen molar-refractivity contribution in [2.75, 3.05) is 0 Å². The van der Waals surface area contributed by atoms with Crippen molar-refractivity contribution < 1.29 is 4.79 Å². The smallest absolute Gasteiger partial charge is 0.260 e. The monoisotopic (exact) mass is 142 g/mol. The van der Waals surface area contributed by atoms with Crippen LogP contribution in [0.1, 0.15) is 6.92 Å². The second kappa shape index (κ2) is 3.15. The highest BCUT2D eigenvalue weighted by atomic mass is 32.1.